The van der Waals surface area contributed by atoms with E-state index >= 15 is 0 Å². The molecule has 0 fully saturated rings. The molecule has 0 N–H and O–H groups in total. The first kappa shape index (κ1) is 21.2. The number of hydrogen-bond acceptors (Lipinski definition) is 0. The highest BCUT2D eigenvalue weighted by molar-refractivity contribution is 7.72. The van der Waals surface area contributed by atoms with Crippen molar-refractivity contribution in [3.8, 4) is 0 Å². The summed E-state index contributed by atoms with van der Waals surface area (Å²) in [5, 5.41) is 0. The Hall–Kier alpha value is 0.900. The van der Waals surface area contributed by atoms with Crippen LogP contribution in [0.25, 0.3) is 0 Å². The third-order valence-corrected chi connectivity index (χ3v) is 0. The summed E-state index contributed by atoms with van der Waals surface area (Å²) in [5.41, 5.74) is 0. The van der Waals surface area contributed by atoms with Gasteiger partial charge in [0.15, 0.2) is 0 Å². The van der Waals surface area contributed by atoms with Crippen molar-refractivity contribution >= 4 is 39.6 Å². The summed E-state index contributed by atoms with van der Waals surface area (Å²) in [6.07, 6.45) is 11.6. The molecule has 0 heterocycles. The molecule has 0 aromatic heterocycles. The monoisotopic (exact) mass is 270 g/mol. The van der Waals surface area contributed by atoms with Crippen LogP contribution in [-0.2, 0) is 0 Å². The zero-order valence-corrected chi connectivity index (χ0v) is 15.1. The third-order valence-electron chi connectivity index (χ3n) is 0. The minimum absolute atomic E-state index is 0.639. The lowest BCUT2D eigenvalue weighted by Gasteiger charge is -1.96. The smallest absolute Gasteiger partial charge is 0.0456 e. The molecule has 0 aromatic carbocycles. The quantitative estimate of drug-likeness (QED) is 0.584. The van der Waals surface area contributed by atoms with E-state index in [1.54, 1.807) is 0 Å². The lowest BCUT2D eigenvalue weighted by molar-refractivity contribution is 2.11. The normalized spacial score (nSPS) is 11.8. The highest BCUT2D eigenvalue weighted by Gasteiger charge is 1.79. The first-order chi connectivity index (χ1) is 6.00. The van der Waals surface area contributed by atoms with E-state index < -0.39 is 20.7 Å². The molecule has 0 aliphatic carbocycles. The SMILES string of the molecule is C=P(C)(C)C.C=P(C)(C)C.C=P(C)(C)C. The molecule has 0 atom stereocenters. The fourth-order valence-corrected chi connectivity index (χ4v) is 0. The summed E-state index contributed by atoms with van der Waals surface area (Å²) >= 11 is 0. The van der Waals surface area contributed by atoms with Crippen molar-refractivity contribution in [2.24, 2.45) is 0 Å². The molecule has 15 heavy (non-hydrogen) atoms. The number of hydrogen-bond donors (Lipinski definition) is 0. The lowest BCUT2D eigenvalue weighted by Crippen LogP contribution is -1.62. The fourth-order valence-electron chi connectivity index (χ4n) is 0. The van der Waals surface area contributed by atoms with E-state index in [0.29, 0.717) is 0 Å². The van der Waals surface area contributed by atoms with Crippen molar-refractivity contribution in [1.82, 2.24) is 0 Å². The molecule has 0 aliphatic heterocycles. The van der Waals surface area contributed by atoms with Gasteiger partial charge in [-0.05, 0) is 60.0 Å². The largest absolute Gasteiger partial charge is 0.121 e. The van der Waals surface area contributed by atoms with Gasteiger partial charge in [0, 0.05) is 0 Å². The average Bonchev–Trinajstić information content (AvgIpc) is 1.41. The Morgan fingerprint density at radius 1 is 0.400 bits per heavy atom. The van der Waals surface area contributed by atoms with Gasteiger partial charge in [-0.25, -0.2) is 0 Å². The van der Waals surface area contributed by atoms with E-state index in [9.17, 15) is 0 Å². The Balaban J connectivity index is -0.000000144. The molecular weight excluding hydrogens is 237 g/mol. The number of rotatable bonds is 0. The molecule has 0 nitrogen and oxygen atoms in total. The van der Waals surface area contributed by atoms with E-state index in [1.807, 2.05) is 0 Å². The standard InChI is InChI=1S/3C4H11P/c3*1-5(2,3)4/h3*1H2,2-4H3. The third kappa shape index (κ3) is 3060. The van der Waals surface area contributed by atoms with Crippen LogP contribution in [0.3, 0.4) is 0 Å². The zero-order chi connectivity index (χ0) is 13.5. The molecule has 0 spiro atoms. The van der Waals surface area contributed by atoms with Gasteiger partial charge in [-0.2, -0.15) is 0 Å². The van der Waals surface area contributed by atoms with Crippen LogP contribution in [-0.4, -0.2) is 78.9 Å². The van der Waals surface area contributed by atoms with Crippen LogP contribution >= 0.6 is 20.7 Å². The summed E-state index contributed by atoms with van der Waals surface area (Å²) in [4.78, 5) is 0. The second-order valence-electron chi connectivity index (χ2n) is 6.87. The molecule has 0 rings (SSSR count). The molecule has 0 saturated carbocycles. The van der Waals surface area contributed by atoms with Crippen LogP contribution in [0.2, 0.25) is 0 Å². The summed E-state index contributed by atoms with van der Waals surface area (Å²) in [7, 11) is 0. The fraction of sp³-hybridized carbons (Fsp3) is 0.750. The molecule has 0 aliphatic rings. The van der Waals surface area contributed by atoms with Gasteiger partial charge in [-0.1, -0.05) is 0 Å². The molecule has 0 saturated heterocycles. The zero-order valence-electron chi connectivity index (χ0n) is 12.5. The van der Waals surface area contributed by atoms with Gasteiger partial charge in [0.05, 0.1) is 0 Å². The van der Waals surface area contributed by atoms with Gasteiger partial charge < -0.3 is 0 Å². The maximum Gasteiger partial charge on any atom is -0.0456 e. The Bertz CT molecular complexity index is 197. The van der Waals surface area contributed by atoms with Gasteiger partial charge >= 0.3 is 0 Å². The van der Waals surface area contributed by atoms with E-state index in [1.165, 1.54) is 0 Å². The maximum atomic E-state index is 3.88. The van der Waals surface area contributed by atoms with E-state index in [4.69, 9.17) is 0 Å². The summed E-state index contributed by atoms with van der Waals surface area (Å²) < 4.78 is 0. The van der Waals surface area contributed by atoms with Gasteiger partial charge in [-0.3, -0.25) is 0 Å². The van der Waals surface area contributed by atoms with Gasteiger partial charge in [0.1, 0.15) is 0 Å². The van der Waals surface area contributed by atoms with Crippen molar-refractivity contribution < 1.29 is 0 Å². The topological polar surface area (TPSA) is 0 Å². The highest BCUT2D eigenvalue weighted by Crippen LogP contribution is 2.28. The predicted octanol–water partition coefficient (Wildman–Crippen LogP) is 3.98. The van der Waals surface area contributed by atoms with E-state index in [-0.39, 0.29) is 0 Å². The minimum atomic E-state index is -0.639. The summed E-state index contributed by atoms with van der Waals surface area (Å²) in [5.74, 6) is 0. The molecule has 0 unspecified atom stereocenters. The Kier molecular flexibility index (Phi) is 11.4. The molecule has 0 bridgehead atoms. The van der Waals surface area contributed by atoms with Gasteiger partial charge in [0.25, 0.3) is 0 Å². The average molecular weight is 270 g/mol. The van der Waals surface area contributed by atoms with Crippen molar-refractivity contribution in [3.63, 3.8) is 0 Å². The van der Waals surface area contributed by atoms with E-state index in [2.05, 4.69) is 78.9 Å². The summed E-state index contributed by atoms with van der Waals surface area (Å²) in [6.45, 7) is 17.8. The van der Waals surface area contributed by atoms with Crippen LogP contribution < -0.4 is 0 Å². The Morgan fingerprint density at radius 2 is 0.400 bits per heavy atom. The molecular formula is C12H33P3. The minimum Gasteiger partial charge on any atom is -0.121 e. The Labute approximate surface area is 99.8 Å². The van der Waals surface area contributed by atoms with Crippen molar-refractivity contribution in [2.45, 2.75) is 0 Å². The first-order valence-corrected chi connectivity index (χ1v) is 14.9. The van der Waals surface area contributed by atoms with Crippen LogP contribution in [0.15, 0.2) is 0 Å². The molecule has 96 valence electrons. The van der Waals surface area contributed by atoms with Gasteiger partial charge in [0.2, 0.25) is 0 Å². The second kappa shape index (κ2) is 8.06. The van der Waals surface area contributed by atoms with Gasteiger partial charge in [-0.15, -0.1) is 39.6 Å². The highest BCUT2D eigenvalue weighted by atomic mass is 31.2. The maximum absolute atomic E-state index is 3.88. The summed E-state index contributed by atoms with van der Waals surface area (Å²) in [6, 6.07) is 0. The molecule has 0 aromatic rings. The van der Waals surface area contributed by atoms with Crippen LogP contribution in [0, 0.1) is 0 Å². The molecule has 3 heteroatoms. The molecule has 0 radical (unpaired) electrons. The molecule has 0 amide bonds. The van der Waals surface area contributed by atoms with E-state index in [0.717, 1.165) is 0 Å². The van der Waals surface area contributed by atoms with Crippen molar-refractivity contribution in [1.29, 1.82) is 0 Å². The Morgan fingerprint density at radius 3 is 0.400 bits per heavy atom. The van der Waals surface area contributed by atoms with Crippen LogP contribution in [0.4, 0.5) is 0 Å². The second-order valence-corrected chi connectivity index (χ2v) is 20.6. The van der Waals surface area contributed by atoms with Crippen molar-refractivity contribution in [2.75, 3.05) is 60.0 Å². The van der Waals surface area contributed by atoms with Crippen molar-refractivity contribution in [3.05, 3.63) is 0 Å². The van der Waals surface area contributed by atoms with Crippen LogP contribution in [0.5, 0.6) is 0 Å². The first-order valence-electron chi connectivity index (χ1n) is 4.97. The van der Waals surface area contributed by atoms with Crippen LogP contribution in [0.1, 0.15) is 0 Å². The lowest BCUT2D eigenvalue weighted by atomic mass is 11.8. The predicted molar refractivity (Wildman–Crippen MR) is 95.4 cm³/mol.